The van der Waals surface area contributed by atoms with Crippen LogP contribution in [0.4, 0.5) is 5.82 Å². The fraction of sp³-hybridized carbons (Fsp3) is 0.231. The quantitative estimate of drug-likeness (QED) is 0.698. The number of hydrogen-bond donors (Lipinski definition) is 3. The van der Waals surface area contributed by atoms with E-state index in [1.165, 1.54) is 4.40 Å². The average Bonchev–Trinajstić information content (AvgIpc) is 2.80. The van der Waals surface area contributed by atoms with Crippen LogP contribution in [0.2, 0.25) is 0 Å². The number of fused-ring (bicyclic) bond motifs is 1. The molecule has 21 heavy (non-hydrogen) atoms. The molecule has 1 aliphatic heterocycles. The summed E-state index contributed by atoms with van der Waals surface area (Å²) in [5.41, 5.74) is 0.417. The van der Waals surface area contributed by atoms with Crippen molar-refractivity contribution in [2.75, 3.05) is 5.32 Å². The lowest BCUT2D eigenvalue weighted by molar-refractivity contribution is -0.133. The van der Waals surface area contributed by atoms with Crippen LogP contribution in [-0.4, -0.2) is 38.3 Å². The smallest absolute Gasteiger partial charge is 0.356 e. The number of amides is 2. The molecule has 2 aromatic heterocycles. The van der Waals surface area contributed by atoms with Gasteiger partial charge in [-0.3, -0.25) is 19.3 Å². The van der Waals surface area contributed by atoms with Gasteiger partial charge in [0.1, 0.15) is 11.7 Å². The molecule has 0 saturated carbocycles. The predicted octanol–water partition coefficient (Wildman–Crippen LogP) is 0.250. The second kappa shape index (κ2) is 4.89. The van der Waals surface area contributed by atoms with Crippen molar-refractivity contribution in [3.63, 3.8) is 0 Å². The van der Waals surface area contributed by atoms with Crippen LogP contribution in [0, 0.1) is 0 Å². The fourth-order valence-electron chi connectivity index (χ4n) is 2.30. The Labute approximate surface area is 118 Å². The number of carboxylic acids is 1. The van der Waals surface area contributed by atoms with E-state index >= 15 is 0 Å². The molecule has 8 heteroatoms. The van der Waals surface area contributed by atoms with Gasteiger partial charge in [-0.2, -0.15) is 0 Å². The molecule has 0 aliphatic carbocycles. The van der Waals surface area contributed by atoms with Gasteiger partial charge in [0.15, 0.2) is 11.5 Å². The van der Waals surface area contributed by atoms with Crippen molar-refractivity contribution < 1.29 is 19.5 Å². The summed E-state index contributed by atoms with van der Waals surface area (Å²) in [5, 5.41) is 14.4. The maximum atomic E-state index is 11.7. The molecule has 8 nitrogen and oxygen atoms in total. The molecule has 0 aromatic carbocycles. The molecule has 3 rings (SSSR count). The Morgan fingerprint density at radius 1 is 1.43 bits per heavy atom. The number of imidazole rings is 1. The van der Waals surface area contributed by atoms with E-state index in [4.69, 9.17) is 0 Å². The fourth-order valence-corrected chi connectivity index (χ4v) is 2.30. The topological polar surface area (TPSA) is 113 Å². The minimum Gasteiger partial charge on any atom is -0.476 e. The van der Waals surface area contributed by atoms with Crippen LogP contribution in [-0.2, 0) is 9.59 Å². The molecule has 108 valence electrons. The zero-order valence-corrected chi connectivity index (χ0v) is 10.9. The van der Waals surface area contributed by atoms with Crippen LogP contribution in [0.15, 0.2) is 24.4 Å². The van der Waals surface area contributed by atoms with Crippen LogP contribution in [0.1, 0.15) is 23.3 Å². The summed E-state index contributed by atoms with van der Waals surface area (Å²) in [6, 6.07) is 4.42. The van der Waals surface area contributed by atoms with Crippen molar-refractivity contribution in [3.05, 3.63) is 30.1 Å². The van der Waals surface area contributed by atoms with E-state index in [9.17, 15) is 19.5 Å². The first-order valence-electron chi connectivity index (χ1n) is 6.37. The second-order valence-electron chi connectivity index (χ2n) is 4.69. The number of piperidine rings is 1. The van der Waals surface area contributed by atoms with Gasteiger partial charge in [-0.05, 0) is 18.6 Å². The van der Waals surface area contributed by atoms with E-state index < -0.39 is 17.9 Å². The van der Waals surface area contributed by atoms with Crippen LogP contribution in [0.25, 0.3) is 5.65 Å². The molecular weight excluding hydrogens is 276 g/mol. The third kappa shape index (κ3) is 2.31. The lowest BCUT2D eigenvalue weighted by Crippen LogP contribution is -2.47. The standard InChI is InChI=1S/C13H12N4O4/c18-9-5-4-7(12(19)16-9)14-11-10(13(20)21)17-6-2-1-3-8(17)15-11/h1-3,6-7,14H,4-5H2,(H,20,21)(H,16,18,19). The molecule has 0 spiro atoms. The van der Waals surface area contributed by atoms with Gasteiger partial charge in [0.25, 0.3) is 0 Å². The highest BCUT2D eigenvalue weighted by molar-refractivity contribution is 6.02. The summed E-state index contributed by atoms with van der Waals surface area (Å²) in [7, 11) is 0. The number of hydrogen-bond acceptors (Lipinski definition) is 5. The molecule has 0 bridgehead atoms. The average molecular weight is 288 g/mol. The summed E-state index contributed by atoms with van der Waals surface area (Å²) in [6.07, 6.45) is 2.10. The maximum Gasteiger partial charge on any atom is 0.356 e. The Bertz CT molecular complexity index is 752. The van der Waals surface area contributed by atoms with Gasteiger partial charge >= 0.3 is 5.97 Å². The van der Waals surface area contributed by atoms with Gasteiger partial charge in [0.2, 0.25) is 11.8 Å². The van der Waals surface area contributed by atoms with Crippen LogP contribution in [0.3, 0.4) is 0 Å². The number of carboxylic acid groups (broad SMARTS) is 1. The Morgan fingerprint density at radius 2 is 2.24 bits per heavy atom. The number of nitrogens with one attached hydrogen (secondary N) is 2. The Morgan fingerprint density at radius 3 is 2.95 bits per heavy atom. The SMILES string of the molecule is O=C1CCC(Nc2nc3ccccn3c2C(=O)O)C(=O)N1. The molecule has 1 atom stereocenters. The molecule has 1 aliphatic rings. The number of aromatic nitrogens is 2. The van der Waals surface area contributed by atoms with Crippen molar-refractivity contribution in [3.8, 4) is 0 Å². The van der Waals surface area contributed by atoms with E-state index in [-0.39, 0.29) is 23.8 Å². The van der Waals surface area contributed by atoms with Crippen molar-refractivity contribution in [1.29, 1.82) is 0 Å². The third-order valence-electron chi connectivity index (χ3n) is 3.28. The zero-order valence-electron chi connectivity index (χ0n) is 10.9. The van der Waals surface area contributed by atoms with E-state index in [1.54, 1.807) is 24.4 Å². The summed E-state index contributed by atoms with van der Waals surface area (Å²) in [4.78, 5) is 38.4. The van der Waals surface area contributed by atoms with E-state index in [1.807, 2.05) is 0 Å². The summed E-state index contributed by atoms with van der Waals surface area (Å²) in [5.74, 6) is -1.84. The first-order chi connectivity index (χ1) is 10.1. The summed E-state index contributed by atoms with van der Waals surface area (Å²) < 4.78 is 1.43. The molecular formula is C13H12N4O4. The molecule has 1 saturated heterocycles. The van der Waals surface area contributed by atoms with Crippen LogP contribution in [0.5, 0.6) is 0 Å². The van der Waals surface area contributed by atoms with Gasteiger partial charge < -0.3 is 10.4 Å². The molecule has 2 aromatic rings. The Kier molecular flexibility index (Phi) is 3.05. The first kappa shape index (κ1) is 13.1. The predicted molar refractivity (Wildman–Crippen MR) is 71.9 cm³/mol. The van der Waals surface area contributed by atoms with Crippen LogP contribution < -0.4 is 10.6 Å². The second-order valence-corrected chi connectivity index (χ2v) is 4.69. The van der Waals surface area contributed by atoms with E-state index in [0.29, 0.717) is 12.1 Å². The van der Waals surface area contributed by atoms with Crippen molar-refractivity contribution in [2.24, 2.45) is 0 Å². The van der Waals surface area contributed by atoms with Gasteiger partial charge in [0.05, 0.1) is 0 Å². The highest BCUT2D eigenvalue weighted by Gasteiger charge is 2.29. The number of anilines is 1. The van der Waals surface area contributed by atoms with Crippen LogP contribution >= 0.6 is 0 Å². The van der Waals surface area contributed by atoms with Crippen molar-refractivity contribution in [1.82, 2.24) is 14.7 Å². The third-order valence-corrected chi connectivity index (χ3v) is 3.28. The molecule has 3 heterocycles. The molecule has 1 unspecified atom stereocenters. The maximum absolute atomic E-state index is 11.7. The Hall–Kier alpha value is -2.90. The molecule has 0 radical (unpaired) electrons. The van der Waals surface area contributed by atoms with Gasteiger partial charge in [0, 0.05) is 12.6 Å². The lowest BCUT2D eigenvalue weighted by Gasteiger charge is -2.21. The minimum atomic E-state index is -1.15. The normalized spacial score (nSPS) is 18.6. The van der Waals surface area contributed by atoms with E-state index in [2.05, 4.69) is 15.6 Å². The highest BCUT2D eigenvalue weighted by Crippen LogP contribution is 2.20. The Balaban J connectivity index is 1.97. The number of carbonyl (C=O) groups is 3. The number of aromatic carboxylic acids is 1. The number of carbonyl (C=O) groups excluding carboxylic acids is 2. The zero-order chi connectivity index (χ0) is 15.0. The monoisotopic (exact) mass is 288 g/mol. The number of pyridine rings is 1. The molecule has 1 fully saturated rings. The number of rotatable bonds is 3. The summed E-state index contributed by atoms with van der Waals surface area (Å²) in [6.45, 7) is 0. The minimum absolute atomic E-state index is 0.0460. The number of nitrogens with zero attached hydrogens (tertiary/aromatic N) is 2. The summed E-state index contributed by atoms with van der Waals surface area (Å²) >= 11 is 0. The molecule has 3 N–H and O–H groups in total. The first-order valence-corrected chi connectivity index (χ1v) is 6.37. The van der Waals surface area contributed by atoms with E-state index in [0.717, 1.165) is 0 Å². The number of imide groups is 1. The van der Waals surface area contributed by atoms with Crippen molar-refractivity contribution >= 4 is 29.2 Å². The highest BCUT2D eigenvalue weighted by atomic mass is 16.4. The van der Waals surface area contributed by atoms with Gasteiger partial charge in [-0.15, -0.1) is 0 Å². The lowest BCUT2D eigenvalue weighted by atomic mass is 10.1. The largest absolute Gasteiger partial charge is 0.476 e. The molecule has 2 amide bonds. The van der Waals surface area contributed by atoms with Gasteiger partial charge in [-0.25, -0.2) is 9.78 Å². The van der Waals surface area contributed by atoms with Gasteiger partial charge in [-0.1, -0.05) is 6.07 Å². The van der Waals surface area contributed by atoms with Crippen molar-refractivity contribution in [2.45, 2.75) is 18.9 Å².